The van der Waals surface area contributed by atoms with E-state index in [2.05, 4.69) is 22.2 Å². The molecule has 0 aromatic carbocycles. The molecule has 1 aliphatic heterocycles. The second-order valence-corrected chi connectivity index (χ2v) is 5.33. The van der Waals surface area contributed by atoms with Gasteiger partial charge in [0.1, 0.15) is 17.2 Å². The summed E-state index contributed by atoms with van der Waals surface area (Å²) in [6, 6.07) is 0. The molecule has 0 aliphatic carbocycles. The van der Waals surface area contributed by atoms with Crippen molar-refractivity contribution in [2.75, 3.05) is 25.6 Å². The van der Waals surface area contributed by atoms with Crippen molar-refractivity contribution in [2.45, 2.75) is 36.5 Å². The minimum Gasteiger partial charge on any atom is -0.381 e. The Morgan fingerprint density at radius 2 is 2.18 bits per heavy atom. The van der Waals surface area contributed by atoms with Crippen molar-refractivity contribution in [2.24, 2.45) is 0 Å². The largest absolute Gasteiger partial charge is 0.381 e. The Bertz CT molecular complexity index is 367. The molecule has 0 spiro atoms. The average Bonchev–Trinajstić information content (AvgIpc) is 2.39. The Labute approximate surface area is 107 Å². The van der Waals surface area contributed by atoms with Gasteiger partial charge in [0, 0.05) is 31.1 Å². The van der Waals surface area contributed by atoms with E-state index in [0.29, 0.717) is 5.25 Å². The lowest BCUT2D eigenvalue weighted by atomic mass is 10.2. The monoisotopic (exact) mass is 253 g/mol. The van der Waals surface area contributed by atoms with Gasteiger partial charge >= 0.3 is 0 Å². The molecule has 1 aromatic rings. The van der Waals surface area contributed by atoms with Gasteiger partial charge in [-0.15, -0.1) is 11.8 Å². The fourth-order valence-corrected chi connectivity index (χ4v) is 3.22. The number of ether oxygens (including phenoxy) is 1. The first kappa shape index (κ1) is 12.6. The maximum Gasteiger partial charge on any atom is 0.133 e. The molecular formula is C12H19N3OS. The van der Waals surface area contributed by atoms with Crippen molar-refractivity contribution in [3.8, 4) is 0 Å². The van der Waals surface area contributed by atoms with Crippen molar-refractivity contribution in [3.05, 3.63) is 11.9 Å². The van der Waals surface area contributed by atoms with Gasteiger partial charge in [0.15, 0.2) is 0 Å². The van der Waals surface area contributed by atoms with E-state index in [1.807, 2.05) is 18.8 Å². The van der Waals surface area contributed by atoms with Gasteiger partial charge in [-0.3, -0.25) is 0 Å². The molecule has 17 heavy (non-hydrogen) atoms. The third kappa shape index (κ3) is 3.10. The molecule has 1 fully saturated rings. The van der Waals surface area contributed by atoms with Crippen molar-refractivity contribution >= 4 is 17.6 Å². The number of nitrogens with zero attached hydrogens (tertiary/aromatic N) is 2. The Morgan fingerprint density at radius 1 is 1.41 bits per heavy atom. The summed E-state index contributed by atoms with van der Waals surface area (Å²) in [5, 5.41) is 4.89. The van der Waals surface area contributed by atoms with E-state index in [9.17, 15) is 0 Å². The first-order valence-corrected chi connectivity index (χ1v) is 6.99. The highest BCUT2D eigenvalue weighted by Crippen LogP contribution is 2.32. The number of hydrogen-bond donors (Lipinski definition) is 1. The van der Waals surface area contributed by atoms with Gasteiger partial charge in [-0.05, 0) is 19.3 Å². The maximum atomic E-state index is 5.38. The van der Waals surface area contributed by atoms with Crippen LogP contribution in [0.3, 0.4) is 0 Å². The molecular weight excluding hydrogens is 234 g/mol. The van der Waals surface area contributed by atoms with Crippen LogP contribution in [0.1, 0.15) is 25.3 Å². The molecule has 2 rings (SSSR count). The van der Waals surface area contributed by atoms with E-state index in [1.54, 1.807) is 6.33 Å². The van der Waals surface area contributed by atoms with E-state index >= 15 is 0 Å². The molecule has 94 valence electrons. The summed E-state index contributed by atoms with van der Waals surface area (Å²) in [7, 11) is 1.91. The Kier molecular flexibility index (Phi) is 4.62. The van der Waals surface area contributed by atoms with Crippen molar-refractivity contribution < 1.29 is 4.74 Å². The SMILES string of the molecule is CCc1c(NC)ncnc1SC1CCOCC1. The van der Waals surface area contributed by atoms with Crippen LogP contribution in [-0.4, -0.2) is 35.5 Å². The predicted octanol–water partition coefficient (Wildman–Crippen LogP) is 2.35. The number of rotatable bonds is 4. The molecule has 1 N–H and O–H groups in total. The Morgan fingerprint density at radius 3 is 2.82 bits per heavy atom. The third-order valence-corrected chi connectivity index (χ3v) is 4.32. The van der Waals surface area contributed by atoms with E-state index in [0.717, 1.165) is 43.3 Å². The highest BCUT2D eigenvalue weighted by molar-refractivity contribution is 7.99. The smallest absolute Gasteiger partial charge is 0.133 e. The van der Waals surface area contributed by atoms with Crippen LogP contribution in [0, 0.1) is 0 Å². The van der Waals surface area contributed by atoms with Crippen LogP contribution in [0.2, 0.25) is 0 Å². The van der Waals surface area contributed by atoms with E-state index in [1.165, 1.54) is 5.56 Å². The first-order valence-electron chi connectivity index (χ1n) is 6.11. The van der Waals surface area contributed by atoms with Gasteiger partial charge < -0.3 is 10.1 Å². The second kappa shape index (κ2) is 6.21. The topological polar surface area (TPSA) is 47.0 Å². The van der Waals surface area contributed by atoms with E-state index in [-0.39, 0.29) is 0 Å². The fourth-order valence-electron chi connectivity index (χ4n) is 1.98. The zero-order chi connectivity index (χ0) is 12.1. The summed E-state index contributed by atoms with van der Waals surface area (Å²) >= 11 is 1.87. The standard InChI is InChI=1S/C12H19N3OS/c1-3-10-11(13-2)14-8-15-12(10)17-9-4-6-16-7-5-9/h8-9H,3-7H2,1-2H3,(H,13,14,15). The van der Waals surface area contributed by atoms with Crippen molar-refractivity contribution in [1.82, 2.24) is 9.97 Å². The third-order valence-electron chi connectivity index (χ3n) is 2.94. The summed E-state index contributed by atoms with van der Waals surface area (Å²) in [6.07, 6.45) is 4.84. The summed E-state index contributed by atoms with van der Waals surface area (Å²) in [5.41, 5.74) is 1.23. The van der Waals surface area contributed by atoms with Gasteiger partial charge in [0.05, 0.1) is 0 Å². The number of hydrogen-bond acceptors (Lipinski definition) is 5. The fraction of sp³-hybridized carbons (Fsp3) is 0.667. The minimum absolute atomic E-state index is 0.633. The quantitative estimate of drug-likeness (QED) is 0.835. The molecule has 1 aromatic heterocycles. The van der Waals surface area contributed by atoms with E-state index < -0.39 is 0 Å². The number of nitrogens with one attached hydrogen (secondary N) is 1. The highest BCUT2D eigenvalue weighted by atomic mass is 32.2. The molecule has 4 nitrogen and oxygen atoms in total. The molecule has 0 saturated carbocycles. The van der Waals surface area contributed by atoms with Crippen LogP contribution >= 0.6 is 11.8 Å². The lowest BCUT2D eigenvalue weighted by Gasteiger charge is -2.22. The van der Waals surface area contributed by atoms with Crippen LogP contribution < -0.4 is 5.32 Å². The van der Waals surface area contributed by atoms with Gasteiger partial charge in [-0.25, -0.2) is 9.97 Å². The molecule has 0 unspecified atom stereocenters. The predicted molar refractivity (Wildman–Crippen MR) is 70.7 cm³/mol. The number of anilines is 1. The van der Waals surface area contributed by atoms with Crippen LogP contribution in [0.15, 0.2) is 11.4 Å². The maximum absolute atomic E-state index is 5.38. The van der Waals surface area contributed by atoms with Gasteiger partial charge in [0.2, 0.25) is 0 Å². The van der Waals surface area contributed by atoms with E-state index in [4.69, 9.17) is 4.74 Å². The van der Waals surface area contributed by atoms with Crippen LogP contribution in [0.4, 0.5) is 5.82 Å². The molecule has 0 atom stereocenters. The van der Waals surface area contributed by atoms with Crippen molar-refractivity contribution in [1.29, 1.82) is 0 Å². The molecule has 5 heteroatoms. The molecule has 0 bridgehead atoms. The van der Waals surface area contributed by atoms with Crippen LogP contribution in [0.25, 0.3) is 0 Å². The van der Waals surface area contributed by atoms with Gasteiger partial charge in [0.25, 0.3) is 0 Å². The van der Waals surface area contributed by atoms with Crippen LogP contribution in [-0.2, 0) is 11.2 Å². The minimum atomic E-state index is 0.633. The normalized spacial score (nSPS) is 17.1. The zero-order valence-corrected chi connectivity index (χ0v) is 11.2. The summed E-state index contributed by atoms with van der Waals surface area (Å²) in [6.45, 7) is 3.90. The Hall–Kier alpha value is -0.810. The lowest BCUT2D eigenvalue weighted by molar-refractivity contribution is 0.1000. The molecule has 1 aliphatic rings. The lowest BCUT2D eigenvalue weighted by Crippen LogP contribution is -2.18. The molecule has 1 saturated heterocycles. The van der Waals surface area contributed by atoms with Gasteiger partial charge in [-0.1, -0.05) is 6.92 Å². The summed E-state index contributed by atoms with van der Waals surface area (Å²) < 4.78 is 5.38. The molecule has 0 amide bonds. The first-order chi connectivity index (χ1) is 8.35. The Balaban J connectivity index is 2.13. The highest BCUT2D eigenvalue weighted by Gasteiger charge is 2.18. The number of thioether (sulfide) groups is 1. The van der Waals surface area contributed by atoms with Crippen LogP contribution in [0.5, 0.6) is 0 Å². The summed E-state index contributed by atoms with van der Waals surface area (Å²) in [4.78, 5) is 8.68. The zero-order valence-electron chi connectivity index (χ0n) is 10.4. The average molecular weight is 253 g/mol. The van der Waals surface area contributed by atoms with Crippen molar-refractivity contribution in [3.63, 3.8) is 0 Å². The number of aromatic nitrogens is 2. The molecule has 2 heterocycles. The summed E-state index contributed by atoms with van der Waals surface area (Å²) in [5.74, 6) is 0.956. The van der Waals surface area contributed by atoms with Gasteiger partial charge in [-0.2, -0.15) is 0 Å². The second-order valence-electron chi connectivity index (χ2n) is 4.04. The molecule has 0 radical (unpaired) electrons.